The van der Waals surface area contributed by atoms with Crippen molar-refractivity contribution in [1.82, 2.24) is 19.8 Å². The summed E-state index contributed by atoms with van der Waals surface area (Å²) in [5.74, 6) is -12.1. The molecule has 6 aliphatic rings. The van der Waals surface area contributed by atoms with Crippen molar-refractivity contribution in [2.24, 2.45) is 23.7 Å². The Morgan fingerprint density at radius 3 is 2.16 bits per heavy atom. The van der Waals surface area contributed by atoms with Crippen molar-refractivity contribution >= 4 is 52.0 Å². The maximum atomic E-state index is 15.9. The molecule has 5 bridgehead atoms. The van der Waals surface area contributed by atoms with Crippen LogP contribution in [0.4, 0.5) is 19.0 Å². The van der Waals surface area contributed by atoms with Crippen LogP contribution in [0.25, 0.3) is 16.7 Å². The number of Topliss-reactive ketones (excluding diaryl/α,β-unsaturated/α-hetero) is 3. The predicted octanol–water partition coefficient (Wildman–Crippen LogP) is 8.08. The molecule has 2 saturated heterocycles. The summed E-state index contributed by atoms with van der Waals surface area (Å²) in [4.78, 5) is 104. The van der Waals surface area contributed by atoms with Gasteiger partial charge in [-0.1, -0.05) is 51.3 Å². The number of hydrogen-bond acceptors (Lipinski definition) is 17. The van der Waals surface area contributed by atoms with Gasteiger partial charge in [-0.3, -0.25) is 33.3 Å². The molecule has 7 atom stereocenters. The molecule has 0 radical (unpaired) electrons. The number of aliphatic hydroxyl groups excluding tert-OH is 2. The first-order chi connectivity index (χ1) is 40.8. The second-order valence-corrected chi connectivity index (χ2v) is 23.2. The molecule has 1 aliphatic carbocycles. The van der Waals surface area contributed by atoms with Crippen molar-refractivity contribution in [2.75, 3.05) is 38.2 Å². The zero-order valence-corrected chi connectivity index (χ0v) is 48.8. The van der Waals surface area contributed by atoms with Crippen LogP contribution in [0.3, 0.4) is 0 Å². The number of aromatic hydroxyl groups is 1. The van der Waals surface area contributed by atoms with Crippen molar-refractivity contribution in [2.45, 2.75) is 130 Å². The highest BCUT2D eigenvalue weighted by Crippen LogP contribution is 2.49. The van der Waals surface area contributed by atoms with Crippen molar-refractivity contribution in [3.8, 4) is 17.2 Å². The number of carboxylic acid groups (broad SMARTS) is 1. The van der Waals surface area contributed by atoms with Gasteiger partial charge in [0, 0.05) is 88.8 Å². The maximum absolute atomic E-state index is 15.9. The number of pyridine rings is 2. The molecule has 5 N–H and O–H groups in total. The monoisotopic (exact) mass is 1190 g/mol. The standard InChI is InChI=1S/C63H70F3N5O15/c1-31-10-8-11-32(2)61(80)67-51-52(56(78)48-49(55(51)77)53(75)34(4)57-50(48)58(79)63(6,86-57)84-25-20-46(83-7)33(3)47(85-35(5)72)28-39(73)27-45(31)74)69-21-16-36(17-22-69)12-9-13-37-18-23-70(24-19-37)60-43(66)29-40-54(76)41(62(81)82)30-71(59(40)68-60)44-15-14-38(64)26-42(44)65/h8,10-11,14-15,20,25-26,29-31,33,36-37,39,45-47,73-75H,9,12-13,16-19,21-24,27-28H2,1-7H3,(H,67,80)(H,81,82)/b10-8+,25-20+,32-11-/t31-,33+,39+,45+,46-,47-,63-/m0/s1. The Morgan fingerprint density at radius 2 is 1.53 bits per heavy atom. The highest BCUT2D eigenvalue weighted by molar-refractivity contribution is 6.32. The Kier molecular flexibility index (Phi) is 18.4. The number of methoxy groups -OCH3 is 1. The van der Waals surface area contributed by atoms with Gasteiger partial charge in [-0.05, 0) is 82.1 Å². The number of fused-ring (bicyclic) bond motifs is 15. The van der Waals surface area contributed by atoms with E-state index < -0.39 is 128 Å². The molecule has 2 aromatic carbocycles. The van der Waals surface area contributed by atoms with E-state index in [1.165, 1.54) is 47.0 Å². The third kappa shape index (κ3) is 12.4. The summed E-state index contributed by atoms with van der Waals surface area (Å²) in [6.07, 6.45) is 8.99. The van der Waals surface area contributed by atoms with Crippen LogP contribution in [0, 0.1) is 48.0 Å². The third-order valence-electron chi connectivity index (χ3n) is 17.3. The second kappa shape index (κ2) is 25.4. The molecular weight excluding hydrogens is 1120 g/mol. The molecule has 20 nitrogen and oxygen atoms in total. The summed E-state index contributed by atoms with van der Waals surface area (Å²) >= 11 is 0. The number of carboxylic acids is 1. The number of esters is 1. The smallest absolute Gasteiger partial charge is 0.341 e. The SMILES string of the molecule is CO[C@H]1/C=C/O[C@@]2(C)Oc3c(C)c(O)c4c(c3C2=O)C(=O)C(N2CCC(CCCC3CCN(c5nc6c(cc5F)c(=O)c(C(=O)O)cn6-c5ccc(F)cc5F)CC3)CC2)=C(NC(=O)/C(C)=C\C=C\[C@H](C)[C@H](O)C[C@@H](O)C[C@H](OC(C)=O)[C@@H]1C)C4=O. The Bertz CT molecular complexity index is 3600. The number of halogens is 3. The van der Waals surface area contributed by atoms with E-state index >= 15 is 13.6 Å². The van der Waals surface area contributed by atoms with Gasteiger partial charge in [0.05, 0.1) is 52.3 Å². The zero-order chi connectivity index (χ0) is 62.2. The Hall–Kier alpha value is -8.15. The highest BCUT2D eigenvalue weighted by atomic mass is 19.1. The van der Waals surface area contributed by atoms with Crippen LogP contribution >= 0.6 is 0 Å². The summed E-state index contributed by atoms with van der Waals surface area (Å²) < 4.78 is 69.4. The number of allylic oxidation sites excluding steroid dienone is 4. The van der Waals surface area contributed by atoms with E-state index in [0.29, 0.717) is 44.8 Å². The zero-order valence-electron chi connectivity index (χ0n) is 48.8. The fourth-order valence-corrected chi connectivity index (χ4v) is 12.2. The van der Waals surface area contributed by atoms with Gasteiger partial charge in [0.2, 0.25) is 17.0 Å². The van der Waals surface area contributed by atoms with Crippen LogP contribution in [-0.2, 0) is 23.8 Å². The number of nitrogens with one attached hydrogen (secondary N) is 1. The minimum absolute atomic E-state index is 0.0370. The number of amides is 1. The lowest BCUT2D eigenvalue weighted by molar-refractivity contribution is -0.153. The molecule has 0 spiro atoms. The van der Waals surface area contributed by atoms with Gasteiger partial charge in [0.1, 0.15) is 46.2 Å². The number of ketones is 3. The Balaban J connectivity index is 0.926. The number of hydrogen-bond donors (Lipinski definition) is 5. The van der Waals surface area contributed by atoms with E-state index in [4.69, 9.17) is 18.9 Å². The van der Waals surface area contributed by atoms with E-state index in [-0.39, 0.29) is 88.5 Å². The Morgan fingerprint density at radius 1 is 0.872 bits per heavy atom. The number of carbonyl (C=O) groups is 6. The number of piperidine rings is 2. The number of nitrogens with zero attached hydrogens (tertiary/aromatic N) is 4. The molecule has 7 heterocycles. The number of rotatable bonds is 10. The number of anilines is 1. The van der Waals surface area contributed by atoms with Gasteiger partial charge >= 0.3 is 17.7 Å². The maximum Gasteiger partial charge on any atom is 0.341 e. The third-order valence-corrected chi connectivity index (χ3v) is 17.3. The molecule has 2 fully saturated rings. The number of aliphatic hydroxyl groups is 2. The number of likely N-dealkylation sites (tertiary alicyclic amines) is 1. The van der Waals surface area contributed by atoms with E-state index in [0.717, 1.165) is 54.5 Å². The van der Waals surface area contributed by atoms with Crippen molar-refractivity contribution in [3.63, 3.8) is 0 Å². The molecule has 2 aromatic heterocycles. The highest BCUT2D eigenvalue weighted by Gasteiger charge is 2.53. The van der Waals surface area contributed by atoms with Crippen LogP contribution in [0.1, 0.15) is 139 Å². The van der Waals surface area contributed by atoms with E-state index in [1.807, 2.05) is 0 Å². The number of aromatic nitrogens is 2. The first kappa shape index (κ1) is 62.4. The van der Waals surface area contributed by atoms with Gasteiger partial charge in [-0.25, -0.2) is 22.9 Å². The van der Waals surface area contributed by atoms with E-state index in [2.05, 4.69) is 10.3 Å². The van der Waals surface area contributed by atoms with Crippen LogP contribution in [0.2, 0.25) is 0 Å². The average molecular weight is 1190 g/mol. The minimum atomic E-state index is -2.14. The number of ether oxygens (including phenoxy) is 4. The quantitative estimate of drug-likeness (QED) is 0.0939. The topological polar surface area (TPSA) is 274 Å². The summed E-state index contributed by atoms with van der Waals surface area (Å²) in [7, 11) is 1.40. The lowest BCUT2D eigenvalue weighted by Crippen LogP contribution is -2.44. The fraction of sp³-hybridized carbons (Fsp3) is 0.460. The van der Waals surface area contributed by atoms with Crippen LogP contribution < -0.4 is 20.4 Å². The van der Waals surface area contributed by atoms with E-state index in [1.54, 1.807) is 35.8 Å². The number of benzene rings is 2. The second-order valence-electron chi connectivity index (χ2n) is 23.2. The molecular formula is C63H70F3N5O15. The first-order valence-electron chi connectivity index (χ1n) is 28.8. The van der Waals surface area contributed by atoms with Crippen LogP contribution in [-0.4, -0.2) is 134 Å². The van der Waals surface area contributed by atoms with Crippen LogP contribution in [0.15, 0.2) is 82.8 Å². The number of phenolic OH excluding ortho intramolecular Hbond substituents is 1. The summed E-state index contributed by atoms with van der Waals surface area (Å²) in [6.45, 7) is 10.2. The van der Waals surface area contributed by atoms with Gasteiger partial charge < -0.3 is 54.5 Å². The van der Waals surface area contributed by atoms with Gasteiger partial charge in [0.15, 0.2) is 17.3 Å². The Labute approximate surface area is 493 Å². The van der Waals surface area contributed by atoms with Gasteiger partial charge in [-0.2, -0.15) is 0 Å². The molecule has 10 rings (SSSR count). The van der Waals surface area contributed by atoms with Crippen molar-refractivity contribution in [1.29, 1.82) is 0 Å². The van der Waals surface area contributed by atoms with E-state index in [9.17, 15) is 53.6 Å². The largest absolute Gasteiger partial charge is 0.507 e. The van der Waals surface area contributed by atoms with Gasteiger partial charge in [-0.15, -0.1) is 0 Å². The minimum Gasteiger partial charge on any atom is -0.507 e. The molecule has 0 unspecified atom stereocenters. The number of phenols is 1. The fourth-order valence-electron chi connectivity index (χ4n) is 12.2. The lowest BCUT2D eigenvalue weighted by atomic mass is 9.81. The molecule has 5 aliphatic heterocycles. The summed E-state index contributed by atoms with van der Waals surface area (Å²) in [6, 6.07) is 3.53. The van der Waals surface area contributed by atoms with Crippen molar-refractivity contribution < 1.29 is 81.3 Å². The first-order valence-corrected chi connectivity index (χ1v) is 28.8. The summed E-state index contributed by atoms with van der Waals surface area (Å²) in [5, 5.41) is 46.1. The lowest BCUT2D eigenvalue weighted by Gasteiger charge is -2.37. The summed E-state index contributed by atoms with van der Waals surface area (Å²) in [5.41, 5.74) is -3.94. The number of carbonyl (C=O) groups excluding carboxylic acids is 5. The average Bonchev–Trinajstić information content (AvgIpc) is 1.41. The molecule has 0 saturated carbocycles. The van der Waals surface area contributed by atoms with Crippen molar-refractivity contribution in [3.05, 3.63) is 133 Å². The molecule has 23 heteroatoms. The molecule has 86 heavy (non-hydrogen) atoms. The van der Waals surface area contributed by atoms with Gasteiger partial charge in [0.25, 0.3) is 11.7 Å². The molecule has 458 valence electrons. The molecule has 1 amide bonds. The predicted molar refractivity (Wildman–Crippen MR) is 306 cm³/mol. The molecule has 4 aromatic rings. The number of aromatic carboxylic acids is 1. The normalized spacial score (nSPS) is 26.0. The van der Waals surface area contributed by atoms with Crippen LogP contribution in [0.5, 0.6) is 11.5 Å².